The molecule has 0 aliphatic heterocycles. The highest BCUT2D eigenvalue weighted by molar-refractivity contribution is 6.10. The largest absolute Gasteiger partial charge is 0.494 e. The van der Waals surface area contributed by atoms with Crippen molar-refractivity contribution in [1.29, 1.82) is 0 Å². The zero-order valence-electron chi connectivity index (χ0n) is 33.3. The molecule has 0 spiro atoms. The number of hydrogen-bond acceptors (Lipinski definition) is 7. The molecule has 2 unspecified atom stereocenters. The summed E-state index contributed by atoms with van der Waals surface area (Å²) in [4.78, 5) is 10.7. The van der Waals surface area contributed by atoms with Gasteiger partial charge in [0.05, 0.1) is 24.6 Å². The number of nitrogens with zero attached hydrogens (tertiary/aromatic N) is 2. The van der Waals surface area contributed by atoms with Crippen molar-refractivity contribution in [2.24, 2.45) is 0 Å². The van der Waals surface area contributed by atoms with Crippen LogP contribution in [-0.2, 0) is 15.9 Å². The van der Waals surface area contributed by atoms with Crippen molar-refractivity contribution >= 4 is 20.5 Å². The highest BCUT2D eigenvalue weighted by Crippen LogP contribution is 2.49. The molecule has 6 rings (SSSR count). The summed E-state index contributed by atoms with van der Waals surface area (Å²) >= 11 is 0. The summed E-state index contributed by atoms with van der Waals surface area (Å²) in [7, 11) is 1.59. The SMILES string of the molecule is CCOc1ccc(C(C[SiH3])(OC(C[SiH3])(c2ccc(OCC)cc2)c2cc(C)c(C)c(Oc3ccccc3)n2)c2cc(C)c(C)c(Oc3ccccc3)n2)cc1. The van der Waals surface area contributed by atoms with Crippen LogP contribution in [0.25, 0.3) is 0 Å². The molecule has 0 bridgehead atoms. The molecule has 0 saturated carbocycles. The van der Waals surface area contributed by atoms with Crippen LogP contribution in [0.4, 0.5) is 0 Å². The molecular weight excluding hydrogens is 717 g/mol. The molecule has 4 aromatic carbocycles. The van der Waals surface area contributed by atoms with E-state index in [2.05, 4.69) is 64.1 Å². The number of ether oxygens (including phenoxy) is 5. The third kappa shape index (κ3) is 8.39. The van der Waals surface area contributed by atoms with Crippen molar-refractivity contribution < 1.29 is 23.7 Å². The summed E-state index contributed by atoms with van der Waals surface area (Å²) in [6, 6.07) is 41.9. The number of pyridine rings is 2. The number of para-hydroxylation sites is 2. The Morgan fingerprint density at radius 3 is 1.18 bits per heavy atom. The molecule has 0 aliphatic rings. The average molecular weight is 769 g/mol. The maximum Gasteiger partial charge on any atom is 0.222 e. The molecule has 284 valence electrons. The number of rotatable bonds is 16. The van der Waals surface area contributed by atoms with Gasteiger partial charge in [-0.1, -0.05) is 60.7 Å². The van der Waals surface area contributed by atoms with E-state index in [0.717, 1.165) is 88.3 Å². The Hall–Kier alpha value is -5.23. The molecule has 6 aromatic rings. The van der Waals surface area contributed by atoms with Gasteiger partial charge < -0.3 is 23.7 Å². The van der Waals surface area contributed by atoms with Crippen LogP contribution in [0.2, 0.25) is 12.1 Å². The van der Waals surface area contributed by atoms with E-state index in [-0.39, 0.29) is 0 Å². The fourth-order valence-corrected chi connectivity index (χ4v) is 8.76. The Bertz CT molecular complexity index is 2030. The Morgan fingerprint density at radius 1 is 0.491 bits per heavy atom. The third-order valence-corrected chi connectivity index (χ3v) is 12.3. The van der Waals surface area contributed by atoms with Gasteiger partial charge in [-0.2, -0.15) is 0 Å². The van der Waals surface area contributed by atoms with Crippen LogP contribution < -0.4 is 18.9 Å². The van der Waals surface area contributed by atoms with E-state index in [1.165, 1.54) is 0 Å². The van der Waals surface area contributed by atoms with E-state index < -0.39 is 11.2 Å². The zero-order chi connectivity index (χ0) is 39.0. The molecule has 9 heteroatoms. The Morgan fingerprint density at radius 2 is 0.855 bits per heavy atom. The van der Waals surface area contributed by atoms with Gasteiger partial charge in [-0.25, -0.2) is 9.97 Å². The van der Waals surface area contributed by atoms with E-state index >= 15 is 0 Å². The van der Waals surface area contributed by atoms with Crippen molar-refractivity contribution in [1.82, 2.24) is 9.97 Å². The van der Waals surface area contributed by atoms with Crippen molar-refractivity contribution in [2.45, 2.75) is 64.8 Å². The first-order valence-electron chi connectivity index (χ1n) is 19.3. The molecule has 0 radical (unpaired) electrons. The average Bonchev–Trinajstić information content (AvgIpc) is 3.21. The minimum Gasteiger partial charge on any atom is -0.494 e. The number of aryl methyl sites for hydroxylation is 2. The molecule has 2 heterocycles. The lowest BCUT2D eigenvalue weighted by Gasteiger charge is -2.44. The fourth-order valence-electron chi connectivity index (χ4n) is 6.93. The van der Waals surface area contributed by atoms with Crippen LogP contribution in [-0.4, -0.2) is 43.7 Å². The van der Waals surface area contributed by atoms with Crippen LogP contribution in [0, 0.1) is 27.7 Å². The molecule has 0 amide bonds. The lowest BCUT2D eigenvalue weighted by Crippen LogP contribution is -2.44. The van der Waals surface area contributed by atoms with Gasteiger partial charge in [-0.15, -0.1) is 0 Å². The van der Waals surface area contributed by atoms with Crippen LogP contribution >= 0.6 is 0 Å². The molecule has 0 fully saturated rings. The van der Waals surface area contributed by atoms with Gasteiger partial charge in [-0.3, -0.25) is 0 Å². The summed E-state index contributed by atoms with van der Waals surface area (Å²) in [5.74, 6) is 4.15. The van der Waals surface area contributed by atoms with Crippen LogP contribution in [0.15, 0.2) is 121 Å². The molecule has 7 nitrogen and oxygen atoms in total. The van der Waals surface area contributed by atoms with Crippen molar-refractivity contribution in [3.63, 3.8) is 0 Å². The summed E-state index contributed by atoms with van der Waals surface area (Å²) in [5, 5.41) is 0. The standard InChI is InChI=1S/C46H52N2O5Si2/c1-7-49-37-23-19-35(20-24-37)45(29-54,41-27-31(3)33(5)43(47-41)51-39-15-11-9-12-16-39)53-46(30-55,36-21-25-38(26-22-36)50-8-2)42-28-32(4)34(6)44(48-42)52-40-17-13-10-14-18-40/h9-28H,7-8,29-30H2,1-6,54-55H3. The quantitative estimate of drug-likeness (QED) is 0.0912. The second-order valence-electron chi connectivity index (χ2n) is 13.7. The summed E-state index contributed by atoms with van der Waals surface area (Å²) in [6.07, 6.45) is 0. The number of hydrogen-bond donors (Lipinski definition) is 0. The topological polar surface area (TPSA) is 71.9 Å². The molecular formula is C46H52N2O5Si2. The maximum atomic E-state index is 8.02. The van der Waals surface area contributed by atoms with Gasteiger partial charge in [0.1, 0.15) is 34.2 Å². The van der Waals surface area contributed by atoms with Crippen molar-refractivity contribution in [3.05, 3.63) is 166 Å². The predicted octanol–water partition coefficient (Wildman–Crippen LogP) is 8.86. The van der Waals surface area contributed by atoms with E-state index in [9.17, 15) is 0 Å². The second kappa shape index (κ2) is 17.5. The van der Waals surface area contributed by atoms with Gasteiger partial charge >= 0.3 is 0 Å². The van der Waals surface area contributed by atoms with Crippen molar-refractivity contribution in [3.8, 4) is 34.8 Å². The van der Waals surface area contributed by atoms with E-state index in [0.29, 0.717) is 37.1 Å². The van der Waals surface area contributed by atoms with Gasteiger partial charge in [0.25, 0.3) is 0 Å². The Kier molecular flexibility index (Phi) is 12.6. The first kappa shape index (κ1) is 39.5. The van der Waals surface area contributed by atoms with Crippen LogP contribution in [0.3, 0.4) is 0 Å². The number of benzene rings is 4. The lowest BCUT2D eigenvalue weighted by atomic mass is 9.85. The lowest BCUT2D eigenvalue weighted by molar-refractivity contribution is -0.110. The van der Waals surface area contributed by atoms with E-state index in [1.54, 1.807) is 0 Å². The molecule has 2 aromatic heterocycles. The summed E-state index contributed by atoms with van der Waals surface area (Å²) in [5.41, 5.74) is 5.55. The minimum absolute atomic E-state index is 0.552. The molecule has 0 N–H and O–H groups in total. The highest BCUT2D eigenvalue weighted by atomic mass is 28.1. The smallest absolute Gasteiger partial charge is 0.222 e. The van der Waals surface area contributed by atoms with Gasteiger partial charge in [0, 0.05) is 31.6 Å². The van der Waals surface area contributed by atoms with E-state index in [1.807, 2.05) is 98.8 Å². The first-order chi connectivity index (χ1) is 26.7. The Labute approximate surface area is 331 Å². The van der Waals surface area contributed by atoms with Gasteiger partial charge in [-0.05, 0) is 137 Å². The highest BCUT2D eigenvalue weighted by Gasteiger charge is 2.47. The van der Waals surface area contributed by atoms with Crippen molar-refractivity contribution in [2.75, 3.05) is 13.2 Å². The van der Waals surface area contributed by atoms with Crippen LogP contribution in [0.1, 0.15) is 58.6 Å². The zero-order valence-corrected chi connectivity index (χ0v) is 37.3. The number of aromatic nitrogens is 2. The molecule has 2 atom stereocenters. The predicted molar refractivity (Wildman–Crippen MR) is 228 cm³/mol. The van der Waals surface area contributed by atoms with Gasteiger partial charge in [0.15, 0.2) is 0 Å². The molecule has 0 aliphatic carbocycles. The van der Waals surface area contributed by atoms with E-state index in [4.69, 9.17) is 33.7 Å². The Balaban J connectivity index is 1.62. The monoisotopic (exact) mass is 768 g/mol. The maximum absolute atomic E-state index is 8.02. The normalized spacial score (nSPS) is 13.5. The third-order valence-electron chi connectivity index (χ3n) is 10.3. The second-order valence-corrected chi connectivity index (χ2v) is 15.1. The van der Waals surface area contributed by atoms with Gasteiger partial charge in [0.2, 0.25) is 11.8 Å². The molecule has 55 heavy (non-hydrogen) atoms. The molecule has 0 saturated heterocycles. The van der Waals surface area contributed by atoms with Crippen LogP contribution in [0.5, 0.6) is 34.8 Å². The minimum atomic E-state index is -1.01. The fraction of sp³-hybridized carbons (Fsp3) is 0.261. The summed E-state index contributed by atoms with van der Waals surface area (Å²) < 4.78 is 32.9. The first-order valence-corrected chi connectivity index (χ1v) is 22.1. The summed E-state index contributed by atoms with van der Waals surface area (Å²) in [6.45, 7) is 13.5.